The van der Waals surface area contributed by atoms with Crippen molar-refractivity contribution in [3.8, 4) is 11.3 Å². The van der Waals surface area contributed by atoms with Gasteiger partial charge in [0, 0.05) is 11.1 Å². The summed E-state index contributed by atoms with van der Waals surface area (Å²) in [6.07, 6.45) is 3.41. The van der Waals surface area contributed by atoms with Crippen molar-refractivity contribution in [3.05, 3.63) is 77.1 Å². The number of rotatable bonds is 3. The second kappa shape index (κ2) is 5.98. The van der Waals surface area contributed by atoms with Gasteiger partial charge in [0.25, 0.3) is 0 Å². The maximum absolute atomic E-state index is 13.8. The number of aromatic nitrogens is 1. The van der Waals surface area contributed by atoms with Crippen LogP contribution >= 0.6 is 11.6 Å². The summed E-state index contributed by atoms with van der Waals surface area (Å²) >= 11 is 5.93. The third-order valence-electron chi connectivity index (χ3n) is 3.52. The Bertz CT molecular complexity index is 1050. The molecule has 118 valence electrons. The molecule has 0 unspecified atom stereocenters. The first kappa shape index (κ1) is 14.7. The van der Waals surface area contributed by atoms with Gasteiger partial charge in [-0.15, -0.1) is 0 Å². The van der Waals surface area contributed by atoms with Gasteiger partial charge in [-0.2, -0.15) is 0 Å². The van der Waals surface area contributed by atoms with Gasteiger partial charge < -0.3 is 8.83 Å². The highest BCUT2D eigenvalue weighted by Crippen LogP contribution is 2.26. The summed E-state index contributed by atoms with van der Waals surface area (Å²) in [5.74, 6) is 1.17. The Morgan fingerprint density at radius 2 is 1.83 bits per heavy atom. The molecule has 0 radical (unpaired) electrons. The Hall–Kier alpha value is -2.85. The van der Waals surface area contributed by atoms with Crippen molar-refractivity contribution in [1.82, 2.24) is 4.98 Å². The average Bonchev–Trinajstić information content (AvgIpc) is 3.19. The number of nitrogens with zero attached hydrogens (tertiary/aromatic N) is 1. The van der Waals surface area contributed by atoms with Crippen LogP contribution in [0.1, 0.15) is 11.7 Å². The summed E-state index contributed by atoms with van der Waals surface area (Å²) in [5, 5.41) is 0.604. The van der Waals surface area contributed by atoms with Gasteiger partial charge in [0.2, 0.25) is 5.89 Å². The topological polar surface area (TPSA) is 39.2 Å². The summed E-state index contributed by atoms with van der Waals surface area (Å²) in [4.78, 5) is 4.33. The van der Waals surface area contributed by atoms with Crippen LogP contribution in [0.3, 0.4) is 0 Å². The normalized spacial score (nSPS) is 11.6. The molecule has 2 aromatic heterocycles. The second-order valence-electron chi connectivity index (χ2n) is 5.18. The molecule has 0 atom stereocenters. The molecule has 24 heavy (non-hydrogen) atoms. The van der Waals surface area contributed by atoms with E-state index in [9.17, 15) is 4.39 Å². The molecule has 3 nitrogen and oxygen atoms in total. The van der Waals surface area contributed by atoms with Crippen molar-refractivity contribution in [2.75, 3.05) is 0 Å². The van der Waals surface area contributed by atoms with Crippen LogP contribution in [-0.4, -0.2) is 4.98 Å². The van der Waals surface area contributed by atoms with Crippen LogP contribution in [-0.2, 0) is 0 Å². The van der Waals surface area contributed by atoms with Gasteiger partial charge in [-0.3, -0.25) is 0 Å². The number of fused-ring (bicyclic) bond motifs is 1. The summed E-state index contributed by atoms with van der Waals surface area (Å²) in [6.45, 7) is 0. The minimum atomic E-state index is -0.321. The van der Waals surface area contributed by atoms with E-state index in [1.54, 1.807) is 60.7 Å². The lowest BCUT2D eigenvalue weighted by molar-refractivity contribution is 0.560. The van der Waals surface area contributed by atoms with E-state index in [4.69, 9.17) is 20.4 Å². The summed E-state index contributed by atoms with van der Waals surface area (Å²) in [6, 6.07) is 15.2. The van der Waals surface area contributed by atoms with Crippen molar-refractivity contribution in [3.63, 3.8) is 0 Å². The minimum absolute atomic E-state index is 0.321. The van der Waals surface area contributed by atoms with Crippen LogP contribution in [0, 0.1) is 5.82 Å². The number of hydrogen-bond donors (Lipinski definition) is 0. The molecule has 0 bridgehead atoms. The predicted octanol–water partition coefficient (Wildman–Crippen LogP) is 6.05. The maximum atomic E-state index is 13.8. The largest absolute Gasteiger partial charge is 0.457 e. The first-order chi connectivity index (χ1) is 11.7. The number of furan rings is 1. The highest BCUT2D eigenvalue weighted by Gasteiger charge is 2.08. The smallest absolute Gasteiger partial charge is 0.220 e. The molecule has 4 aromatic rings. The molecule has 0 spiro atoms. The molecule has 0 aliphatic heterocycles. The zero-order valence-corrected chi connectivity index (χ0v) is 13.1. The predicted molar refractivity (Wildman–Crippen MR) is 92.0 cm³/mol. The highest BCUT2D eigenvalue weighted by atomic mass is 35.5. The monoisotopic (exact) mass is 339 g/mol. The van der Waals surface area contributed by atoms with Crippen molar-refractivity contribution in [2.24, 2.45) is 0 Å². The van der Waals surface area contributed by atoms with E-state index in [0.29, 0.717) is 39.1 Å². The lowest BCUT2D eigenvalue weighted by atomic mass is 10.1. The van der Waals surface area contributed by atoms with Crippen molar-refractivity contribution < 1.29 is 13.2 Å². The molecule has 2 heterocycles. The third kappa shape index (κ3) is 2.84. The first-order valence-corrected chi connectivity index (χ1v) is 7.66. The van der Waals surface area contributed by atoms with Gasteiger partial charge >= 0.3 is 0 Å². The molecule has 0 fully saturated rings. The molecule has 0 amide bonds. The fourth-order valence-electron chi connectivity index (χ4n) is 2.39. The average molecular weight is 340 g/mol. The van der Waals surface area contributed by atoms with Crippen LogP contribution in [0.2, 0.25) is 5.02 Å². The molecule has 0 saturated heterocycles. The Balaban J connectivity index is 1.61. The van der Waals surface area contributed by atoms with Gasteiger partial charge in [-0.1, -0.05) is 23.7 Å². The lowest BCUT2D eigenvalue weighted by Crippen LogP contribution is -1.79. The third-order valence-corrected chi connectivity index (χ3v) is 3.76. The molecule has 2 aromatic carbocycles. The molecule has 5 heteroatoms. The lowest BCUT2D eigenvalue weighted by Gasteiger charge is -1.97. The van der Waals surface area contributed by atoms with Crippen molar-refractivity contribution in [2.45, 2.75) is 0 Å². The fraction of sp³-hybridized carbons (Fsp3) is 0. The molecular formula is C19H11ClFNO2. The Morgan fingerprint density at radius 1 is 0.958 bits per heavy atom. The van der Waals surface area contributed by atoms with E-state index in [1.807, 2.05) is 0 Å². The van der Waals surface area contributed by atoms with Gasteiger partial charge in [0.15, 0.2) is 5.58 Å². The minimum Gasteiger partial charge on any atom is -0.457 e. The van der Waals surface area contributed by atoms with E-state index in [2.05, 4.69) is 4.98 Å². The number of hydrogen-bond acceptors (Lipinski definition) is 3. The Kier molecular flexibility index (Phi) is 3.67. The fourth-order valence-corrected chi connectivity index (χ4v) is 2.56. The van der Waals surface area contributed by atoms with Gasteiger partial charge in [-0.25, -0.2) is 9.37 Å². The van der Waals surface area contributed by atoms with Crippen LogP contribution in [0.5, 0.6) is 0 Å². The standard InChI is InChI=1S/C19H11ClFNO2/c20-12-5-8-18-16(11-12)22-19(24-18)10-7-13-6-9-17(23-13)14-3-1-2-4-15(14)21/h1-11H/b10-7+. The van der Waals surface area contributed by atoms with Crippen LogP contribution in [0.15, 0.2) is 63.4 Å². The quantitative estimate of drug-likeness (QED) is 0.456. The number of halogens is 2. The highest BCUT2D eigenvalue weighted by molar-refractivity contribution is 6.31. The van der Waals surface area contributed by atoms with Gasteiger partial charge in [0.05, 0.1) is 5.56 Å². The van der Waals surface area contributed by atoms with Crippen molar-refractivity contribution >= 4 is 34.9 Å². The SMILES string of the molecule is Fc1ccccc1-c1ccc(/C=C/c2nc3cc(Cl)ccc3o2)o1. The van der Waals surface area contributed by atoms with Crippen LogP contribution in [0.25, 0.3) is 34.6 Å². The summed E-state index contributed by atoms with van der Waals surface area (Å²) < 4.78 is 25.0. The molecule has 0 saturated carbocycles. The van der Waals surface area contributed by atoms with E-state index in [0.717, 1.165) is 0 Å². The Labute approximate surface area is 142 Å². The maximum Gasteiger partial charge on any atom is 0.220 e. The number of oxazole rings is 1. The van der Waals surface area contributed by atoms with E-state index in [-0.39, 0.29) is 5.82 Å². The van der Waals surface area contributed by atoms with E-state index in [1.165, 1.54) is 6.07 Å². The van der Waals surface area contributed by atoms with E-state index >= 15 is 0 Å². The number of benzene rings is 2. The summed E-state index contributed by atoms with van der Waals surface area (Å²) in [5.41, 5.74) is 1.77. The zero-order chi connectivity index (χ0) is 16.5. The molecule has 0 N–H and O–H groups in total. The molecule has 4 rings (SSSR count). The van der Waals surface area contributed by atoms with Gasteiger partial charge in [0.1, 0.15) is 22.9 Å². The van der Waals surface area contributed by atoms with Crippen LogP contribution < -0.4 is 0 Å². The van der Waals surface area contributed by atoms with E-state index < -0.39 is 0 Å². The molecule has 0 aliphatic rings. The second-order valence-corrected chi connectivity index (χ2v) is 5.62. The van der Waals surface area contributed by atoms with Crippen molar-refractivity contribution in [1.29, 1.82) is 0 Å². The molecule has 0 aliphatic carbocycles. The van der Waals surface area contributed by atoms with Gasteiger partial charge in [-0.05, 0) is 48.5 Å². The van der Waals surface area contributed by atoms with Crippen LogP contribution in [0.4, 0.5) is 4.39 Å². The zero-order valence-electron chi connectivity index (χ0n) is 12.4. The summed E-state index contributed by atoms with van der Waals surface area (Å²) in [7, 11) is 0. The molecular weight excluding hydrogens is 329 g/mol. The first-order valence-electron chi connectivity index (χ1n) is 7.28. The Morgan fingerprint density at radius 3 is 2.71 bits per heavy atom.